The predicted molar refractivity (Wildman–Crippen MR) is 155 cm³/mol. The van der Waals surface area contributed by atoms with Crippen LogP contribution in [0, 0.1) is 0 Å². The molecule has 0 N–H and O–H groups in total. The molecule has 0 aromatic heterocycles. The summed E-state index contributed by atoms with van der Waals surface area (Å²) in [7, 11) is 0. The highest BCUT2D eigenvalue weighted by molar-refractivity contribution is 9.12. The van der Waals surface area contributed by atoms with E-state index in [0.29, 0.717) is 0 Å². The Morgan fingerprint density at radius 3 is 1.47 bits per heavy atom. The number of nitrogens with zero attached hydrogens (tertiary/aromatic N) is 4. The third kappa shape index (κ3) is 3.77. The van der Waals surface area contributed by atoms with Gasteiger partial charge in [-0.25, -0.2) is 20.0 Å². The van der Waals surface area contributed by atoms with Crippen molar-refractivity contribution >= 4 is 92.1 Å². The SMILES string of the molecule is BrC1=C2C=CC(=N2)C(Br)=C2C=C(c3ccccc3)C(=N2)C(Br)=C2C=CC(=N2)C(Br)=C2C=CC1=N2. The van der Waals surface area contributed by atoms with E-state index in [-0.39, 0.29) is 0 Å². The highest BCUT2D eigenvalue weighted by Gasteiger charge is 2.26. The van der Waals surface area contributed by atoms with Gasteiger partial charge in [0.25, 0.3) is 0 Å². The third-order valence-corrected chi connectivity index (χ3v) is 8.77. The molecule has 0 spiro atoms. The summed E-state index contributed by atoms with van der Waals surface area (Å²) in [6.45, 7) is 0. The summed E-state index contributed by atoms with van der Waals surface area (Å²) in [6, 6.07) is 10.2. The van der Waals surface area contributed by atoms with E-state index in [4.69, 9.17) is 20.0 Å². The Balaban J connectivity index is 1.62. The minimum atomic E-state index is 0.797. The second kappa shape index (κ2) is 8.75. The first kappa shape index (κ1) is 22.2. The zero-order valence-electron chi connectivity index (χ0n) is 17.2. The molecular weight excluding hydrogens is 688 g/mol. The Kier molecular flexibility index (Phi) is 5.72. The fourth-order valence-electron chi connectivity index (χ4n) is 3.87. The number of rotatable bonds is 1. The van der Waals surface area contributed by atoms with Crippen molar-refractivity contribution in [3.8, 4) is 0 Å². The molecule has 0 amide bonds. The van der Waals surface area contributed by atoms with Crippen molar-refractivity contribution in [1.29, 1.82) is 0 Å². The molecule has 0 saturated carbocycles. The monoisotopic (exact) mass is 696 g/mol. The fourth-order valence-corrected chi connectivity index (χ4v) is 5.70. The minimum Gasteiger partial charge on any atom is -0.247 e. The smallest absolute Gasteiger partial charge is 0.0880 e. The van der Waals surface area contributed by atoms with Gasteiger partial charge in [0.1, 0.15) is 0 Å². The molecular formula is C26H12Br4N4. The van der Waals surface area contributed by atoms with Crippen LogP contribution in [0.3, 0.4) is 0 Å². The molecule has 5 aliphatic rings. The van der Waals surface area contributed by atoms with E-state index in [1.807, 2.05) is 54.7 Å². The lowest BCUT2D eigenvalue weighted by Crippen LogP contribution is -2.01. The summed E-state index contributed by atoms with van der Waals surface area (Å²) >= 11 is 14.9. The first-order valence-corrected chi connectivity index (χ1v) is 13.4. The summed E-state index contributed by atoms with van der Waals surface area (Å²) in [6.07, 6.45) is 13.9. The first-order chi connectivity index (χ1) is 16.5. The molecule has 4 nitrogen and oxygen atoms in total. The van der Waals surface area contributed by atoms with Crippen molar-refractivity contribution in [2.75, 3.05) is 0 Å². The van der Waals surface area contributed by atoms with Gasteiger partial charge in [-0.3, -0.25) is 0 Å². The average Bonchev–Trinajstić information content (AvgIpc) is 3.68. The van der Waals surface area contributed by atoms with E-state index < -0.39 is 0 Å². The molecule has 8 bridgehead atoms. The molecule has 8 heteroatoms. The summed E-state index contributed by atoms with van der Waals surface area (Å²) in [5, 5.41) is 0. The summed E-state index contributed by atoms with van der Waals surface area (Å²) in [5.41, 5.74) is 8.51. The summed E-state index contributed by atoms with van der Waals surface area (Å²) < 4.78 is 3.29. The molecule has 5 heterocycles. The lowest BCUT2D eigenvalue weighted by molar-refractivity contribution is 1.40. The van der Waals surface area contributed by atoms with E-state index in [1.54, 1.807) is 0 Å². The standard InChI is InChI=1S/C26H12Br4N4/c27-22-15-6-7-16(31-15)23(28)18-10-11-20(33-18)25(30)26-14(13-4-2-1-3-5-13)12-21(34-26)24(29)19-9-8-17(22)32-19/h1-12H. The summed E-state index contributed by atoms with van der Waals surface area (Å²) in [4.78, 5) is 19.5. The lowest BCUT2D eigenvalue weighted by Gasteiger charge is -2.07. The van der Waals surface area contributed by atoms with Crippen LogP contribution in [0.15, 0.2) is 134 Å². The number of aliphatic imine (C=N–C) groups is 4. The van der Waals surface area contributed by atoms with Crippen LogP contribution in [0.5, 0.6) is 0 Å². The maximum Gasteiger partial charge on any atom is 0.0880 e. The van der Waals surface area contributed by atoms with Crippen LogP contribution in [0.2, 0.25) is 0 Å². The normalized spacial score (nSPS) is 21.0. The second-order valence-corrected chi connectivity index (χ2v) is 10.8. The number of hydrogen-bond acceptors (Lipinski definition) is 4. The van der Waals surface area contributed by atoms with Gasteiger partial charge in [-0.05, 0) is 112 Å². The molecule has 164 valence electrons. The third-order valence-electron chi connectivity index (χ3n) is 5.56. The van der Waals surface area contributed by atoms with Gasteiger partial charge >= 0.3 is 0 Å². The van der Waals surface area contributed by atoms with Crippen molar-refractivity contribution in [2.24, 2.45) is 20.0 Å². The maximum atomic E-state index is 5.00. The van der Waals surface area contributed by atoms with Gasteiger partial charge < -0.3 is 0 Å². The topological polar surface area (TPSA) is 49.4 Å². The molecule has 0 unspecified atom stereocenters. The molecule has 5 aliphatic heterocycles. The number of fused-ring (bicyclic) bond motifs is 4. The number of benzene rings is 1. The largest absolute Gasteiger partial charge is 0.247 e. The van der Waals surface area contributed by atoms with Gasteiger partial charge in [-0.15, -0.1) is 0 Å². The van der Waals surface area contributed by atoms with Gasteiger partial charge in [-0.2, -0.15) is 0 Å². The molecule has 0 fully saturated rings. The maximum absolute atomic E-state index is 5.00. The molecule has 1 aromatic carbocycles. The highest BCUT2D eigenvalue weighted by atomic mass is 79.9. The second-order valence-electron chi connectivity index (χ2n) is 7.67. The number of hydrogen-bond donors (Lipinski definition) is 0. The number of allylic oxidation sites excluding steroid dienone is 12. The zero-order valence-corrected chi connectivity index (χ0v) is 23.6. The van der Waals surface area contributed by atoms with Gasteiger partial charge in [0.2, 0.25) is 0 Å². The van der Waals surface area contributed by atoms with Gasteiger partial charge in [0.15, 0.2) is 0 Å². The Morgan fingerprint density at radius 2 is 0.941 bits per heavy atom. The van der Waals surface area contributed by atoms with E-state index in [1.165, 1.54) is 0 Å². The van der Waals surface area contributed by atoms with Gasteiger partial charge in [0, 0.05) is 5.57 Å². The Morgan fingerprint density at radius 1 is 0.471 bits per heavy atom. The van der Waals surface area contributed by atoms with E-state index in [0.717, 1.165) is 74.7 Å². The first-order valence-electron chi connectivity index (χ1n) is 10.3. The molecule has 1 aromatic rings. The van der Waals surface area contributed by atoms with E-state index in [2.05, 4.69) is 81.9 Å². The Bertz CT molecular complexity index is 1550. The molecule has 34 heavy (non-hydrogen) atoms. The highest BCUT2D eigenvalue weighted by Crippen LogP contribution is 2.38. The molecule has 0 aliphatic carbocycles. The van der Waals surface area contributed by atoms with E-state index in [9.17, 15) is 0 Å². The molecule has 0 atom stereocenters. The van der Waals surface area contributed by atoms with E-state index >= 15 is 0 Å². The van der Waals surface area contributed by atoms with Crippen LogP contribution in [0.1, 0.15) is 5.56 Å². The van der Waals surface area contributed by atoms with Crippen molar-refractivity contribution in [1.82, 2.24) is 0 Å². The van der Waals surface area contributed by atoms with Gasteiger partial charge in [-0.1, -0.05) is 30.3 Å². The summed E-state index contributed by atoms with van der Waals surface area (Å²) in [5.74, 6) is 0. The van der Waals surface area contributed by atoms with Crippen LogP contribution in [-0.2, 0) is 0 Å². The van der Waals surface area contributed by atoms with Gasteiger partial charge in [0.05, 0.1) is 63.6 Å². The van der Waals surface area contributed by atoms with Crippen molar-refractivity contribution in [3.05, 3.63) is 119 Å². The zero-order chi connectivity index (χ0) is 23.4. The Labute approximate surface area is 229 Å². The fraction of sp³-hybridized carbons (Fsp3) is 0. The predicted octanol–water partition coefficient (Wildman–Crippen LogP) is 8.00. The van der Waals surface area contributed by atoms with Crippen LogP contribution in [0.25, 0.3) is 5.57 Å². The van der Waals surface area contributed by atoms with Crippen molar-refractivity contribution < 1.29 is 0 Å². The van der Waals surface area contributed by atoms with Crippen LogP contribution < -0.4 is 0 Å². The number of halogens is 4. The van der Waals surface area contributed by atoms with Crippen molar-refractivity contribution in [3.63, 3.8) is 0 Å². The lowest BCUT2D eigenvalue weighted by atomic mass is 10.0. The average molecular weight is 700 g/mol. The molecule has 0 radical (unpaired) electrons. The van der Waals surface area contributed by atoms with Crippen LogP contribution in [0.4, 0.5) is 0 Å². The van der Waals surface area contributed by atoms with Crippen molar-refractivity contribution in [2.45, 2.75) is 0 Å². The van der Waals surface area contributed by atoms with Crippen LogP contribution in [-0.4, -0.2) is 22.8 Å². The molecule has 6 rings (SSSR count). The van der Waals surface area contributed by atoms with Crippen LogP contribution >= 0.6 is 63.7 Å². The molecule has 0 saturated heterocycles. The quantitative estimate of drug-likeness (QED) is 0.286. The minimum absolute atomic E-state index is 0.797. The Hall–Kier alpha value is -2.26.